The van der Waals surface area contributed by atoms with E-state index in [1.807, 2.05) is 24.3 Å². The summed E-state index contributed by atoms with van der Waals surface area (Å²) in [5.41, 5.74) is 14.0. The molecule has 1 amide bonds. The molecular formula is C25H25N3O5. The van der Waals surface area contributed by atoms with Gasteiger partial charge >= 0.3 is 0 Å². The number of methoxy groups -OCH3 is 2. The molecule has 1 aliphatic heterocycles. The molecule has 0 spiro atoms. The van der Waals surface area contributed by atoms with Crippen LogP contribution in [-0.2, 0) is 4.79 Å². The normalized spacial score (nSPS) is 17.4. The van der Waals surface area contributed by atoms with Crippen LogP contribution in [-0.4, -0.2) is 36.1 Å². The van der Waals surface area contributed by atoms with Crippen molar-refractivity contribution in [2.45, 2.75) is 19.3 Å². The van der Waals surface area contributed by atoms with Gasteiger partial charge < -0.3 is 25.4 Å². The first kappa shape index (κ1) is 22.0. The molecule has 4 rings (SSSR count). The van der Waals surface area contributed by atoms with E-state index in [1.54, 1.807) is 26.4 Å². The zero-order chi connectivity index (χ0) is 23.5. The summed E-state index contributed by atoms with van der Waals surface area (Å²) < 4.78 is 10.8. The van der Waals surface area contributed by atoms with Crippen LogP contribution in [0.15, 0.2) is 70.5 Å². The molecule has 0 radical (unpaired) electrons. The van der Waals surface area contributed by atoms with Crippen molar-refractivity contribution in [2.75, 3.05) is 14.2 Å². The summed E-state index contributed by atoms with van der Waals surface area (Å²) in [5.74, 6) is 0.915. The number of hydrogen-bond donors (Lipinski definition) is 4. The smallest absolute Gasteiger partial charge is 0.240 e. The van der Waals surface area contributed by atoms with Crippen molar-refractivity contribution in [3.05, 3.63) is 76.5 Å². The number of ether oxygens (including phenoxy) is 2. The summed E-state index contributed by atoms with van der Waals surface area (Å²) in [7, 11) is 3.12. The summed E-state index contributed by atoms with van der Waals surface area (Å²) in [6, 6.07) is 9.98. The number of rotatable bonds is 5. The fourth-order valence-electron chi connectivity index (χ4n) is 4.01. The van der Waals surface area contributed by atoms with Crippen LogP contribution in [0.25, 0.3) is 5.57 Å². The number of nitrogens with one attached hydrogen (secondary N) is 1. The van der Waals surface area contributed by atoms with E-state index in [9.17, 15) is 15.0 Å². The zero-order valence-electron chi connectivity index (χ0n) is 18.4. The van der Waals surface area contributed by atoms with Crippen LogP contribution < -0.4 is 20.6 Å². The van der Waals surface area contributed by atoms with E-state index in [-0.39, 0.29) is 17.4 Å². The Morgan fingerprint density at radius 2 is 1.82 bits per heavy atom. The highest BCUT2D eigenvalue weighted by Crippen LogP contribution is 2.41. The van der Waals surface area contributed by atoms with Crippen molar-refractivity contribution in [3.8, 4) is 23.0 Å². The van der Waals surface area contributed by atoms with Crippen molar-refractivity contribution in [3.63, 3.8) is 0 Å². The molecule has 0 unspecified atom stereocenters. The number of aromatic hydroxyl groups is 2. The van der Waals surface area contributed by atoms with Crippen molar-refractivity contribution in [1.82, 2.24) is 5.43 Å². The minimum atomic E-state index is -0.114. The lowest BCUT2D eigenvalue weighted by atomic mass is 9.86. The Morgan fingerprint density at radius 1 is 1.03 bits per heavy atom. The van der Waals surface area contributed by atoms with E-state index >= 15 is 0 Å². The predicted octanol–water partition coefficient (Wildman–Crippen LogP) is 3.36. The Labute approximate surface area is 191 Å². The lowest BCUT2D eigenvalue weighted by Gasteiger charge is -2.22. The van der Waals surface area contributed by atoms with E-state index in [4.69, 9.17) is 15.2 Å². The van der Waals surface area contributed by atoms with Gasteiger partial charge in [-0.05, 0) is 41.0 Å². The van der Waals surface area contributed by atoms with Crippen LogP contribution in [0.5, 0.6) is 23.0 Å². The van der Waals surface area contributed by atoms with Crippen LogP contribution in [0.3, 0.4) is 0 Å². The number of amides is 1. The highest BCUT2D eigenvalue weighted by Gasteiger charge is 2.22. The first-order chi connectivity index (χ1) is 15.9. The van der Waals surface area contributed by atoms with Crippen LogP contribution in [0, 0.1) is 0 Å². The van der Waals surface area contributed by atoms with Crippen molar-refractivity contribution < 1.29 is 24.5 Å². The molecule has 0 fully saturated rings. The molecule has 0 saturated carbocycles. The molecule has 0 bridgehead atoms. The molecule has 2 aromatic rings. The number of phenols is 2. The predicted molar refractivity (Wildman–Crippen MR) is 125 cm³/mol. The molecule has 2 aliphatic rings. The van der Waals surface area contributed by atoms with E-state index in [1.165, 1.54) is 12.1 Å². The Kier molecular flexibility index (Phi) is 6.08. The molecule has 0 atom stereocenters. The Balaban J connectivity index is 1.84. The minimum Gasteiger partial charge on any atom is -0.508 e. The van der Waals surface area contributed by atoms with Gasteiger partial charge in [0.2, 0.25) is 5.91 Å². The molecule has 8 nitrogen and oxygen atoms in total. The van der Waals surface area contributed by atoms with E-state index < -0.39 is 0 Å². The van der Waals surface area contributed by atoms with Gasteiger partial charge in [0.25, 0.3) is 0 Å². The van der Waals surface area contributed by atoms with Crippen LogP contribution in [0.1, 0.15) is 30.4 Å². The molecule has 170 valence electrons. The lowest BCUT2D eigenvalue weighted by Crippen LogP contribution is -2.27. The molecule has 1 aliphatic carbocycles. The molecule has 8 heteroatoms. The molecule has 5 N–H and O–H groups in total. The number of carbonyl (C=O) groups excluding carboxylic acids is 1. The third-order valence-electron chi connectivity index (χ3n) is 5.64. The molecule has 2 aromatic carbocycles. The fraction of sp³-hybridized carbons (Fsp3) is 0.200. The second kappa shape index (κ2) is 9.12. The molecule has 1 heterocycles. The maximum absolute atomic E-state index is 11.4. The third kappa shape index (κ3) is 4.41. The number of hydrogen-bond acceptors (Lipinski definition) is 7. The summed E-state index contributed by atoms with van der Waals surface area (Å²) in [5, 5.41) is 24.6. The number of carbonyl (C=O) groups is 1. The average Bonchev–Trinajstić information content (AvgIpc) is 2.81. The summed E-state index contributed by atoms with van der Waals surface area (Å²) >= 11 is 0. The first-order valence-corrected chi connectivity index (χ1v) is 10.4. The number of allylic oxidation sites excluding steroid dienone is 4. The lowest BCUT2D eigenvalue weighted by molar-refractivity contribution is -0.121. The quantitative estimate of drug-likeness (QED) is 0.557. The number of benzene rings is 2. The average molecular weight is 447 g/mol. The van der Waals surface area contributed by atoms with Gasteiger partial charge in [-0.25, -0.2) is 5.43 Å². The molecule has 0 saturated heterocycles. The van der Waals surface area contributed by atoms with E-state index in [0.717, 1.165) is 28.0 Å². The molecule has 33 heavy (non-hydrogen) atoms. The highest BCUT2D eigenvalue weighted by atomic mass is 16.5. The SMILES string of the molecule is COc1ccc(C(=C2C=CC(C3=NNC(=O)CC3)=C(N)C2)c2ccc(O)cc2O)cc1OC. The van der Waals surface area contributed by atoms with Crippen molar-refractivity contribution >= 4 is 17.2 Å². The van der Waals surface area contributed by atoms with Gasteiger partial charge in [0, 0.05) is 42.2 Å². The monoisotopic (exact) mass is 447 g/mol. The minimum absolute atomic E-state index is 0.0360. The zero-order valence-corrected chi connectivity index (χ0v) is 18.4. The van der Waals surface area contributed by atoms with Gasteiger partial charge in [-0.1, -0.05) is 18.2 Å². The number of nitrogens with two attached hydrogens (primary N) is 1. The number of nitrogens with zero attached hydrogens (tertiary/aromatic N) is 1. The fourth-order valence-corrected chi connectivity index (χ4v) is 4.01. The van der Waals surface area contributed by atoms with E-state index in [0.29, 0.717) is 42.0 Å². The van der Waals surface area contributed by atoms with Gasteiger partial charge in [0.1, 0.15) is 11.5 Å². The van der Waals surface area contributed by atoms with Gasteiger partial charge in [-0.15, -0.1) is 0 Å². The highest BCUT2D eigenvalue weighted by molar-refractivity contribution is 6.07. The Hall–Kier alpha value is -4.20. The maximum Gasteiger partial charge on any atom is 0.240 e. The van der Waals surface area contributed by atoms with Gasteiger partial charge in [0.15, 0.2) is 11.5 Å². The number of phenolic OH excluding ortho intramolecular Hbond substituents is 2. The van der Waals surface area contributed by atoms with Crippen LogP contribution in [0.4, 0.5) is 0 Å². The van der Waals surface area contributed by atoms with Gasteiger partial charge in [-0.2, -0.15) is 5.10 Å². The van der Waals surface area contributed by atoms with Gasteiger partial charge in [-0.3, -0.25) is 4.79 Å². The summed E-state index contributed by atoms with van der Waals surface area (Å²) in [6.45, 7) is 0. The number of hydrazone groups is 1. The topological polar surface area (TPSA) is 126 Å². The molecule has 0 aromatic heterocycles. The van der Waals surface area contributed by atoms with Crippen LogP contribution >= 0.6 is 0 Å². The Morgan fingerprint density at radius 3 is 2.45 bits per heavy atom. The summed E-state index contributed by atoms with van der Waals surface area (Å²) in [6.07, 6.45) is 5.10. The first-order valence-electron chi connectivity index (χ1n) is 10.4. The second-order valence-corrected chi connectivity index (χ2v) is 7.71. The van der Waals surface area contributed by atoms with Crippen LogP contribution in [0.2, 0.25) is 0 Å². The Bertz CT molecular complexity index is 1240. The molecular weight excluding hydrogens is 422 g/mol. The second-order valence-electron chi connectivity index (χ2n) is 7.71. The van der Waals surface area contributed by atoms with E-state index in [2.05, 4.69) is 10.5 Å². The summed E-state index contributed by atoms with van der Waals surface area (Å²) in [4.78, 5) is 11.4. The standard InChI is InChI=1S/C25H25N3O5/c1-32-22-9-4-15(12-23(22)33-2)25(18-7-5-16(29)13-21(18)30)14-3-6-17(19(26)11-14)20-8-10-24(31)28-27-20/h3-7,9,12-13,29-30H,8,10-11,26H2,1-2H3,(H,28,31). The maximum atomic E-state index is 11.4. The van der Waals surface area contributed by atoms with Crippen molar-refractivity contribution in [2.24, 2.45) is 10.8 Å². The van der Waals surface area contributed by atoms with Gasteiger partial charge in [0.05, 0.1) is 19.9 Å². The largest absolute Gasteiger partial charge is 0.508 e. The third-order valence-corrected chi connectivity index (χ3v) is 5.64. The van der Waals surface area contributed by atoms with Crippen molar-refractivity contribution in [1.29, 1.82) is 0 Å².